The zero-order chi connectivity index (χ0) is 12.5. The van der Waals surface area contributed by atoms with Gasteiger partial charge in [0.15, 0.2) is 0 Å². The molecule has 88 valence electrons. The predicted octanol–water partition coefficient (Wildman–Crippen LogP) is 4.86. The van der Waals surface area contributed by atoms with Gasteiger partial charge in [0.2, 0.25) is 0 Å². The molecule has 18 heavy (non-hydrogen) atoms. The summed E-state index contributed by atoms with van der Waals surface area (Å²) >= 11 is 6.07. The third-order valence-electron chi connectivity index (χ3n) is 2.98. The van der Waals surface area contributed by atoms with Crippen molar-refractivity contribution in [3.63, 3.8) is 0 Å². The molecule has 2 heteroatoms. The van der Waals surface area contributed by atoms with Crippen LogP contribution in [0.5, 0.6) is 0 Å². The van der Waals surface area contributed by atoms with Crippen molar-refractivity contribution in [3.8, 4) is 11.1 Å². The van der Waals surface area contributed by atoms with Crippen LogP contribution >= 0.6 is 11.6 Å². The monoisotopic (exact) mass is 253 g/mol. The lowest BCUT2D eigenvalue weighted by molar-refractivity contribution is 1.39. The number of nitrogens with zero attached hydrogens (tertiary/aromatic N) is 1. The third-order valence-corrected chi connectivity index (χ3v) is 3.22. The number of rotatable bonds is 1. The normalized spacial score (nSPS) is 10.8. The zero-order valence-corrected chi connectivity index (χ0v) is 10.8. The molecule has 1 aromatic heterocycles. The molecule has 2 aromatic carbocycles. The van der Waals surface area contributed by atoms with Gasteiger partial charge in [0.1, 0.15) is 0 Å². The van der Waals surface area contributed by atoms with Gasteiger partial charge in [0.05, 0.1) is 5.52 Å². The van der Waals surface area contributed by atoms with E-state index in [0.717, 1.165) is 27.1 Å². The molecule has 3 rings (SSSR count). The van der Waals surface area contributed by atoms with E-state index in [9.17, 15) is 0 Å². The zero-order valence-electron chi connectivity index (χ0n) is 10.0. The van der Waals surface area contributed by atoms with Crippen LogP contribution in [0.4, 0.5) is 0 Å². The van der Waals surface area contributed by atoms with E-state index in [1.807, 2.05) is 30.5 Å². The molecular weight excluding hydrogens is 242 g/mol. The molecule has 1 nitrogen and oxygen atoms in total. The lowest BCUT2D eigenvalue weighted by Crippen LogP contribution is -1.86. The molecule has 3 aromatic rings. The summed E-state index contributed by atoms with van der Waals surface area (Å²) in [7, 11) is 0. The fraction of sp³-hybridized carbons (Fsp3) is 0.0625. The van der Waals surface area contributed by atoms with Crippen LogP contribution in [0.25, 0.3) is 22.0 Å². The van der Waals surface area contributed by atoms with Gasteiger partial charge in [-0.15, -0.1) is 0 Å². The first-order valence-corrected chi connectivity index (χ1v) is 6.23. The summed E-state index contributed by atoms with van der Waals surface area (Å²) in [6, 6.07) is 16.2. The minimum atomic E-state index is 0.748. The number of halogens is 1. The highest BCUT2D eigenvalue weighted by atomic mass is 35.5. The quantitative estimate of drug-likeness (QED) is 0.603. The van der Waals surface area contributed by atoms with E-state index in [0.29, 0.717) is 0 Å². The van der Waals surface area contributed by atoms with Crippen LogP contribution in [0, 0.1) is 6.92 Å². The number of aromatic nitrogens is 1. The van der Waals surface area contributed by atoms with Crippen molar-refractivity contribution >= 4 is 22.5 Å². The molecule has 0 amide bonds. The van der Waals surface area contributed by atoms with Crippen LogP contribution in [0.15, 0.2) is 54.7 Å². The van der Waals surface area contributed by atoms with Crippen molar-refractivity contribution < 1.29 is 0 Å². The number of aryl methyl sites for hydroxylation is 1. The van der Waals surface area contributed by atoms with Crippen LogP contribution in [-0.2, 0) is 0 Å². The van der Waals surface area contributed by atoms with Crippen molar-refractivity contribution in [2.75, 3.05) is 0 Å². The van der Waals surface area contributed by atoms with Gasteiger partial charge < -0.3 is 0 Å². The largest absolute Gasteiger partial charge is 0.256 e. The van der Waals surface area contributed by atoms with Crippen LogP contribution in [0.3, 0.4) is 0 Å². The number of hydrogen-bond acceptors (Lipinski definition) is 1. The summed E-state index contributed by atoms with van der Waals surface area (Å²) in [6.45, 7) is 2.10. The van der Waals surface area contributed by atoms with Gasteiger partial charge >= 0.3 is 0 Å². The van der Waals surface area contributed by atoms with Crippen molar-refractivity contribution in [2.24, 2.45) is 0 Å². The molecule has 1 heterocycles. The highest BCUT2D eigenvalue weighted by molar-refractivity contribution is 6.30. The molecule has 0 aliphatic heterocycles. The SMILES string of the molecule is Cc1cc(-c2cccc(Cl)c2)c2ncccc2c1. The predicted molar refractivity (Wildman–Crippen MR) is 76.9 cm³/mol. The molecule has 0 unspecified atom stereocenters. The maximum atomic E-state index is 6.07. The Morgan fingerprint density at radius 1 is 1.00 bits per heavy atom. The summed E-state index contributed by atoms with van der Waals surface area (Å²) in [5, 5.41) is 1.91. The van der Waals surface area contributed by atoms with Gasteiger partial charge in [-0.1, -0.05) is 29.8 Å². The van der Waals surface area contributed by atoms with Gasteiger partial charge in [-0.05, 0) is 48.4 Å². The Morgan fingerprint density at radius 2 is 1.89 bits per heavy atom. The van der Waals surface area contributed by atoms with E-state index >= 15 is 0 Å². The first-order chi connectivity index (χ1) is 8.74. The number of pyridine rings is 1. The number of benzene rings is 2. The Kier molecular flexibility index (Phi) is 2.77. The Morgan fingerprint density at radius 3 is 2.72 bits per heavy atom. The van der Waals surface area contributed by atoms with E-state index in [1.165, 1.54) is 5.56 Å². The maximum absolute atomic E-state index is 6.07. The minimum absolute atomic E-state index is 0.748. The van der Waals surface area contributed by atoms with Crippen molar-refractivity contribution in [2.45, 2.75) is 6.92 Å². The Labute approximate surface area is 111 Å². The lowest BCUT2D eigenvalue weighted by Gasteiger charge is -2.08. The second-order valence-electron chi connectivity index (χ2n) is 4.40. The van der Waals surface area contributed by atoms with Crippen LogP contribution in [-0.4, -0.2) is 4.98 Å². The van der Waals surface area contributed by atoms with Gasteiger partial charge in [-0.3, -0.25) is 4.98 Å². The molecule has 0 atom stereocenters. The molecule has 0 aliphatic carbocycles. The lowest BCUT2D eigenvalue weighted by atomic mass is 9.99. The molecule has 0 aliphatic rings. The molecule has 0 radical (unpaired) electrons. The van der Waals surface area contributed by atoms with Crippen molar-refractivity contribution in [1.82, 2.24) is 4.98 Å². The van der Waals surface area contributed by atoms with Gasteiger partial charge in [0, 0.05) is 22.2 Å². The smallest absolute Gasteiger partial charge is 0.0780 e. The van der Waals surface area contributed by atoms with Crippen LogP contribution in [0.1, 0.15) is 5.56 Å². The maximum Gasteiger partial charge on any atom is 0.0780 e. The van der Waals surface area contributed by atoms with Crippen molar-refractivity contribution in [1.29, 1.82) is 0 Å². The Bertz CT molecular complexity index is 719. The van der Waals surface area contributed by atoms with E-state index in [-0.39, 0.29) is 0 Å². The average molecular weight is 254 g/mol. The number of hydrogen-bond donors (Lipinski definition) is 0. The van der Waals surface area contributed by atoms with Gasteiger partial charge in [-0.2, -0.15) is 0 Å². The molecule has 0 saturated heterocycles. The van der Waals surface area contributed by atoms with Crippen molar-refractivity contribution in [3.05, 3.63) is 65.3 Å². The Hall–Kier alpha value is -1.86. The Balaban J connectivity index is 2.34. The summed E-state index contributed by atoms with van der Waals surface area (Å²) < 4.78 is 0. The third kappa shape index (κ3) is 1.98. The molecule has 0 saturated carbocycles. The fourth-order valence-corrected chi connectivity index (χ4v) is 2.41. The highest BCUT2D eigenvalue weighted by Crippen LogP contribution is 2.29. The molecule has 0 bridgehead atoms. The minimum Gasteiger partial charge on any atom is -0.256 e. The van der Waals surface area contributed by atoms with E-state index in [1.54, 1.807) is 0 Å². The summed E-state index contributed by atoms with van der Waals surface area (Å²) in [5.41, 5.74) is 4.49. The summed E-state index contributed by atoms with van der Waals surface area (Å²) in [4.78, 5) is 4.49. The standard InChI is InChI=1S/C16H12ClN/c1-11-8-13-5-3-7-18-16(13)15(9-11)12-4-2-6-14(17)10-12/h2-10H,1H3. The van der Waals surface area contributed by atoms with E-state index in [4.69, 9.17) is 11.6 Å². The fourth-order valence-electron chi connectivity index (χ4n) is 2.22. The summed E-state index contributed by atoms with van der Waals surface area (Å²) in [5.74, 6) is 0. The molecular formula is C16H12ClN. The first-order valence-electron chi connectivity index (χ1n) is 5.85. The second-order valence-corrected chi connectivity index (χ2v) is 4.83. The number of fused-ring (bicyclic) bond motifs is 1. The molecule has 0 spiro atoms. The first kappa shape index (κ1) is 11.2. The molecule has 0 N–H and O–H groups in total. The average Bonchev–Trinajstić information content (AvgIpc) is 2.37. The van der Waals surface area contributed by atoms with Gasteiger partial charge in [-0.25, -0.2) is 0 Å². The van der Waals surface area contributed by atoms with Gasteiger partial charge in [0.25, 0.3) is 0 Å². The topological polar surface area (TPSA) is 12.9 Å². The summed E-state index contributed by atoms with van der Waals surface area (Å²) in [6.07, 6.45) is 1.83. The molecule has 0 fully saturated rings. The van der Waals surface area contributed by atoms with E-state index < -0.39 is 0 Å². The van der Waals surface area contributed by atoms with Crippen LogP contribution < -0.4 is 0 Å². The van der Waals surface area contributed by atoms with Crippen LogP contribution in [0.2, 0.25) is 5.02 Å². The highest BCUT2D eigenvalue weighted by Gasteiger charge is 2.06. The van der Waals surface area contributed by atoms with E-state index in [2.05, 4.69) is 36.2 Å². The second kappa shape index (κ2) is 4.43.